The van der Waals surface area contributed by atoms with Crippen molar-refractivity contribution in [3.8, 4) is 0 Å². The Balaban J connectivity index is 1.99. The lowest BCUT2D eigenvalue weighted by atomic mass is 9.86. The molecule has 1 aliphatic rings. The number of nitrogens with one attached hydrogen (secondary N) is 1. The molecule has 1 aliphatic heterocycles. The summed E-state index contributed by atoms with van der Waals surface area (Å²) < 4.78 is 0. The van der Waals surface area contributed by atoms with Gasteiger partial charge in [-0.25, -0.2) is 0 Å². The summed E-state index contributed by atoms with van der Waals surface area (Å²) in [6, 6.07) is 8.32. The van der Waals surface area contributed by atoms with Crippen LogP contribution in [-0.4, -0.2) is 12.3 Å². The molecule has 0 aromatic heterocycles. The molecule has 1 aromatic rings. The van der Waals surface area contributed by atoms with Gasteiger partial charge in [0.25, 0.3) is 0 Å². The predicted molar refractivity (Wildman–Crippen MR) is 74.6 cm³/mol. The summed E-state index contributed by atoms with van der Waals surface area (Å²) in [7, 11) is 0. The van der Waals surface area contributed by atoms with Gasteiger partial charge in [0.15, 0.2) is 0 Å². The Kier molecular flexibility index (Phi) is 4.54. The fourth-order valence-electron chi connectivity index (χ4n) is 2.64. The zero-order chi connectivity index (χ0) is 13.0. The van der Waals surface area contributed by atoms with Crippen molar-refractivity contribution in [3.05, 3.63) is 35.4 Å². The first-order chi connectivity index (χ1) is 8.68. The van der Waals surface area contributed by atoms with Crippen LogP contribution in [0, 0.1) is 5.92 Å². The summed E-state index contributed by atoms with van der Waals surface area (Å²) in [6.45, 7) is 6.12. The average molecular weight is 245 g/mol. The SMILES string of the molecule is CC(C)CCCC(=O)C1CNCc2ccccc21. The maximum absolute atomic E-state index is 12.3. The highest BCUT2D eigenvalue weighted by Gasteiger charge is 2.25. The van der Waals surface area contributed by atoms with Gasteiger partial charge in [0, 0.05) is 19.5 Å². The Hall–Kier alpha value is -1.15. The summed E-state index contributed by atoms with van der Waals surface area (Å²) in [5, 5.41) is 3.35. The number of ketones is 1. The van der Waals surface area contributed by atoms with E-state index in [2.05, 4.69) is 31.3 Å². The molecule has 0 spiro atoms. The van der Waals surface area contributed by atoms with E-state index in [0.29, 0.717) is 11.7 Å². The van der Waals surface area contributed by atoms with Gasteiger partial charge in [0.05, 0.1) is 5.92 Å². The third-order valence-electron chi connectivity index (χ3n) is 3.69. The molecule has 1 N–H and O–H groups in total. The van der Waals surface area contributed by atoms with E-state index < -0.39 is 0 Å². The van der Waals surface area contributed by atoms with E-state index in [1.165, 1.54) is 11.1 Å². The van der Waals surface area contributed by atoms with E-state index in [1.807, 2.05) is 12.1 Å². The molecule has 98 valence electrons. The van der Waals surface area contributed by atoms with E-state index in [9.17, 15) is 4.79 Å². The molecule has 1 aromatic carbocycles. The number of carbonyl (C=O) groups is 1. The van der Waals surface area contributed by atoms with Crippen LogP contribution in [0.5, 0.6) is 0 Å². The monoisotopic (exact) mass is 245 g/mol. The van der Waals surface area contributed by atoms with Gasteiger partial charge in [-0.1, -0.05) is 44.5 Å². The van der Waals surface area contributed by atoms with Gasteiger partial charge in [-0.05, 0) is 23.5 Å². The molecule has 1 unspecified atom stereocenters. The Morgan fingerprint density at radius 2 is 2.17 bits per heavy atom. The third kappa shape index (κ3) is 3.20. The molecule has 0 saturated heterocycles. The summed E-state index contributed by atoms with van der Waals surface area (Å²) in [6.07, 6.45) is 2.89. The van der Waals surface area contributed by atoms with Crippen LogP contribution < -0.4 is 5.32 Å². The van der Waals surface area contributed by atoms with Crippen molar-refractivity contribution in [2.45, 2.75) is 45.6 Å². The van der Waals surface area contributed by atoms with Crippen LogP contribution in [0.2, 0.25) is 0 Å². The molecule has 1 heterocycles. The van der Waals surface area contributed by atoms with Gasteiger partial charge >= 0.3 is 0 Å². The van der Waals surface area contributed by atoms with Gasteiger partial charge in [0.1, 0.15) is 5.78 Å². The highest BCUT2D eigenvalue weighted by molar-refractivity contribution is 5.86. The number of fused-ring (bicyclic) bond motifs is 1. The number of Topliss-reactive ketones (excluding diaryl/α,β-unsaturated/α-hetero) is 1. The highest BCUT2D eigenvalue weighted by Crippen LogP contribution is 2.26. The van der Waals surface area contributed by atoms with Crippen LogP contribution in [0.1, 0.15) is 50.2 Å². The van der Waals surface area contributed by atoms with Crippen LogP contribution in [0.4, 0.5) is 0 Å². The van der Waals surface area contributed by atoms with Crippen molar-refractivity contribution in [1.29, 1.82) is 0 Å². The van der Waals surface area contributed by atoms with Crippen molar-refractivity contribution in [2.24, 2.45) is 5.92 Å². The molecule has 0 radical (unpaired) electrons. The molecular formula is C16H23NO. The lowest BCUT2D eigenvalue weighted by Gasteiger charge is -2.25. The normalized spacial score (nSPS) is 18.7. The number of rotatable bonds is 5. The predicted octanol–water partition coefficient (Wildman–Crippen LogP) is 3.27. The first-order valence-corrected chi connectivity index (χ1v) is 6.99. The Labute approximate surface area is 110 Å². The van der Waals surface area contributed by atoms with E-state index in [1.54, 1.807) is 0 Å². The largest absolute Gasteiger partial charge is 0.312 e. The molecule has 18 heavy (non-hydrogen) atoms. The molecule has 0 fully saturated rings. The topological polar surface area (TPSA) is 29.1 Å². The van der Waals surface area contributed by atoms with Crippen molar-refractivity contribution in [3.63, 3.8) is 0 Å². The summed E-state index contributed by atoms with van der Waals surface area (Å²) in [5.41, 5.74) is 2.52. The van der Waals surface area contributed by atoms with Gasteiger partial charge in [-0.3, -0.25) is 4.79 Å². The fraction of sp³-hybridized carbons (Fsp3) is 0.562. The smallest absolute Gasteiger partial charge is 0.141 e. The number of carbonyl (C=O) groups excluding carboxylic acids is 1. The van der Waals surface area contributed by atoms with E-state index in [4.69, 9.17) is 0 Å². The van der Waals surface area contributed by atoms with E-state index >= 15 is 0 Å². The van der Waals surface area contributed by atoms with Crippen LogP contribution in [-0.2, 0) is 11.3 Å². The Morgan fingerprint density at radius 1 is 1.39 bits per heavy atom. The molecule has 1 atom stereocenters. The van der Waals surface area contributed by atoms with Gasteiger partial charge in [-0.2, -0.15) is 0 Å². The zero-order valence-corrected chi connectivity index (χ0v) is 11.4. The minimum Gasteiger partial charge on any atom is -0.312 e. The van der Waals surface area contributed by atoms with E-state index in [-0.39, 0.29) is 5.92 Å². The van der Waals surface area contributed by atoms with Crippen molar-refractivity contribution in [1.82, 2.24) is 5.32 Å². The Morgan fingerprint density at radius 3 is 2.94 bits per heavy atom. The molecule has 0 saturated carbocycles. The lowest BCUT2D eigenvalue weighted by Crippen LogP contribution is -2.32. The Bertz CT molecular complexity index is 411. The molecular weight excluding hydrogens is 222 g/mol. The van der Waals surface area contributed by atoms with E-state index in [0.717, 1.165) is 32.4 Å². The quantitative estimate of drug-likeness (QED) is 0.862. The second-order valence-electron chi connectivity index (χ2n) is 5.63. The summed E-state index contributed by atoms with van der Waals surface area (Å²) >= 11 is 0. The second kappa shape index (κ2) is 6.14. The third-order valence-corrected chi connectivity index (χ3v) is 3.69. The van der Waals surface area contributed by atoms with Gasteiger partial charge in [0.2, 0.25) is 0 Å². The van der Waals surface area contributed by atoms with Crippen molar-refractivity contribution < 1.29 is 4.79 Å². The highest BCUT2D eigenvalue weighted by atomic mass is 16.1. The maximum Gasteiger partial charge on any atom is 0.141 e. The van der Waals surface area contributed by atoms with Crippen LogP contribution in [0.15, 0.2) is 24.3 Å². The molecule has 2 rings (SSSR count). The average Bonchev–Trinajstić information content (AvgIpc) is 2.37. The molecule has 0 bridgehead atoms. The minimum absolute atomic E-state index is 0.0714. The van der Waals surface area contributed by atoms with Gasteiger partial charge in [-0.15, -0.1) is 0 Å². The summed E-state index contributed by atoms with van der Waals surface area (Å²) in [4.78, 5) is 12.3. The molecule has 0 aliphatic carbocycles. The summed E-state index contributed by atoms with van der Waals surface area (Å²) in [5.74, 6) is 1.16. The first-order valence-electron chi connectivity index (χ1n) is 6.99. The van der Waals surface area contributed by atoms with Crippen molar-refractivity contribution >= 4 is 5.78 Å². The lowest BCUT2D eigenvalue weighted by molar-refractivity contribution is -0.120. The first kappa shape index (κ1) is 13.3. The number of benzene rings is 1. The number of hydrogen-bond acceptors (Lipinski definition) is 2. The fourth-order valence-corrected chi connectivity index (χ4v) is 2.64. The standard InChI is InChI=1S/C16H23NO/c1-12(2)6-5-9-16(18)15-11-17-10-13-7-3-4-8-14(13)15/h3-4,7-8,12,15,17H,5-6,9-11H2,1-2H3. The molecule has 0 amide bonds. The maximum atomic E-state index is 12.3. The van der Waals surface area contributed by atoms with Crippen LogP contribution >= 0.6 is 0 Å². The van der Waals surface area contributed by atoms with Crippen LogP contribution in [0.3, 0.4) is 0 Å². The van der Waals surface area contributed by atoms with Gasteiger partial charge < -0.3 is 5.32 Å². The molecule has 2 nitrogen and oxygen atoms in total. The zero-order valence-electron chi connectivity index (χ0n) is 11.4. The van der Waals surface area contributed by atoms with Crippen molar-refractivity contribution in [2.75, 3.05) is 6.54 Å². The minimum atomic E-state index is 0.0714. The second-order valence-corrected chi connectivity index (χ2v) is 5.63. The molecule has 2 heteroatoms. The number of hydrogen-bond donors (Lipinski definition) is 1. The van der Waals surface area contributed by atoms with Crippen LogP contribution in [0.25, 0.3) is 0 Å².